The largest absolute Gasteiger partial charge is 0.377 e. The summed E-state index contributed by atoms with van der Waals surface area (Å²) in [5, 5.41) is 6.77. The molecule has 6 heteroatoms. The molecular formula is C17H30N4O2. The smallest absolute Gasteiger partial charge is 0.243 e. The van der Waals surface area contributed by atoms with E-state index in [-0.39, 0.29) is 17.9 Å². The van der Waals surface area contributed by atoms with Crippen molar-refractivity contribution in [2.75, 3.05) is 33.8 Å². The number of guanidine groups is 1. The Labute approximate surface area is 139 Å². The Morgan fingerprint density at radius 2 is 2.13 bits per heavy atom. The monoisotopic (exact) mass is 322 g/mol. The van der Waals surface area contributed by atoms with Gasteiger partial charge in [0.1, 0.15) is 6.54 Å². The summed E-state index contributed by atoms with van der Waals surface area (Å²) in [5.74, 6) is 1.18. The molecular weight excluding hydrogens is 292 g/mol. The maximum atomic E-state index is 11.8. The second kappa shape index (κ2) is 6.91. The third-order valence-electron chi connectivity index (χ3n) is 4.82. The van der Waals surface area contributed by atoms with Gasteiger partial charge in [-0.05, 0) is 13.3 Å². The summed E-state index contributed by atoms with van der Waals surface area (Å²) in [6.07, 6.45) is 1.40. The van der Waals surface area contributed by atoms with Gasteiger partial charge in [-0.15, -0.1) is 0 Å². The number of nitrogens with zero attached hydrogens (tertiary/aromatic N) is 2. The number of hydrogen-bond donors (Lipinski definition) is 2. The summed E-state index contributed by atoms with van der Waals surface area (Å²) in [5.41, 5.74) is 1.09. The summed E-state index contributed by atoms with van der Waals surface area (Å²) in [7, 11) is 3.48. The number of aliphatic imine (C=N–C) groups is 1. The van der Waals surface area contributed by atoms with Crippen LogP contribution in [0.25, 0.3) is 0 Å². The molecule has 3 atom stereocenters. The van der Waals surface area contributed by atoms with Gasteiger partial charge in [0, 0.05) is 44.6 Å². The van der Waals surface area contributed by atoms with Crippen LogP contribution in [0, 0.1) is 11.3 Å². The van der Waals surface area contributed by atoms with Gasteiger partial charge in [-0.1, -0.05) is 26.0 Å². The molecule has 0 bridgehead atoms. The highest BCUT2D eigenvalue weighted by atomic mass is 16.5. The van der Waals surface area contributed by atoms with E-state index in [4.69, 9.17) is 4.74 Å². The van der Waals surface area contributed by atoms with E-state index >= 15 is 0 Å². The topological polar surface area (TPSA) is 66.0 Å². The lowest BCUT2D eigenvalue weighted by molar-refractivity contribution is -0.127. The van der Waals surface area contributed by atoms with Crippen molar-refractivity contribution in [1.82, 2.24) is 15.5 Å². The van der Waals surface area contributed by atoms with Gasteiger partial charge >= 0.3 is 0 Å². The average Bonchev–Trinajstić information content (AvgIpc) is 2.92. The van der Waals surface area contributed by atoms with Crippen molar-refractivity contribution in [3.05, 3.63) is 12.2 Å². The molecule has 1 aliphatic heterocycles. The number of rotatable bonds is 5. The minimum absolute atomic E-state index is 0.0172. The van der Waals surface area contributed by atoms with E-state index in [1.807, 2.05) is 6.92 Å². The van der Waals surface area contributed by atoms with Crippen LogP contribution in [0.15, 0.2) is 17.1 Å². The molecule has 130 valence electrons. The molecule has 1 heterocycles. The van der Waals surface area contributed by atoms with Gasteiger partial charge in [0.15, 0.2) is 5.96 Å². The number of nitrogens with one attached hydrogen (secondary N) is 2. The predicted molar refractivity (Wildman–Crippen MR) is 92.4 cm³/mol. The molecule has 2 fully saturated rings. The molecule has 1 amide bonds. The molecule has 3 unspecified atom stereocenters. The molecule has 2 N–H and O–H groups in total. The van der Waals surface area contributed by atoms with E-state index in [2.05, 4.69) is 36.1 Å². The zero-order chi connectivity index (χ0) is 17.2. The van der Waals surface area contributed by atoms with Crippen LogP contribution in [-0.4, -0.2) is 62.7 Å². The van der Waals surface area contributed by atoms with Gasteiger partial charge in [0.05, 0.1) is 6.10 Å². The molecule has 2 rings (SSSR count). The summed E-state index contributed by atoms with van der Waals surface area (Å²) >= 11 is 0. The first-order valence-corrected chi connectivity index (χ1v) is 8.24. The zero-order valence-electron chi connectivity index (χ0n) is 15.0. The fourth-order valence-corrected chi connectivity index (χ4v) is 3.44. The Hall–Kier alpha value is -1.56. The summed E-state index contributed by atoms with van der Waals surface area (Å²) in [6.45, 7) is 11.9. The highest BCUT2D eigenvalue weighted by Crippen LogP contribution is 2.52. The quantitative estimate of drug-likeness (QED) is 0.450. The first-order valence-electron chi connectivity index (χ1n) is 8.24. The van der Waals surface area contributed by atoms with Gasteiger partial charge in [-0.3, -0.25) is 4.79 Å². The van der Waals surface area contributed by atoms with Crippen molar-refractivity contribution in [2.24, 2.45) is 16.3 Å². The zero-order valence-corrected chi connectivity index (χ0v) is 15.0. The van der Waals surface area contributed by atoms with Crippen molar-refractivity contribution in [3.8, 4) is 0 Å². The van der Waals surface area contributed by atoms with Crippen molar-refractivity contribution in [3.63, 3.8) is 0 Å². The van der Waals surface area contributed by atoms with Gasteiger partial charge in [0.2, 0.25) is 5.91 Å². The SMILES string of the molecule is C=C(C)CNC(=NCC(=O)N(C)C)NC1C2CCOC2C1(C)C. The van der Waals surface area contributed by atoms with Gasteiger partial charge in [0.25, 0.3) is 0 Å². The Kier molecular flexibility index (Phi) is 5.34. The molecule has 1 aliphatic carbocycles. The molecule has 0 radical (unpaired) electrons. The highest BCUT2D eigenvalue weighted by Gasteiger charge is 2.59. The second-order valence-corrected chi connectivity index (χ2v) is 7.45. The van der Waals surface area contributed by atoms with Gasteiger partial charge in [-0.2, -0.15) is 0 Å². The van der Waals surface area contributed by atoms with E-state index < -0.39 is 0 Å². The molecule has 1 saturated heterocycles. The summed E-state index contributed by atoms with van der Waals surface area (Å²) in [4.78, 5) is 17.8. The van der Waals surface area contributed by atoms with Crippen LogP contribution in [0.4, 0.5) is 0 Å². The fourth-order valence-electron chi connectivity index (χ4n) is 3.44. The van der Waals surface area contributed by atoms with Gasteiger partial charge in [-0.25, -0.2) is 4.99 Å². The third-order valence-corrected chi connectivity index (χ3v) is 4.82. The Bertz CT molecular complexity index is 499. The maximum Gasteiger partial charge on any atom is 0.243 e. The van der Waals surface area contributed by atoms with Crippen molar-refractivity contribution < 1.29 is 9.53 Å². The van der Waals surface area contributed by atoms with Crippen molar-refractivity contribution in [2.45, 2.75) is 39.3 Å². The normalized spacial score (nSPS) is 28.6. The minimum Gasteiger partial charge on any atom is -0.377 e. The molecule has 0 aromatic carbocycles. The van der Waals surface area contributed by atoms with Crippen LogP contribution in [0.2, 0.25) is 0 Å². The van der Waals surface area contributed by atoms with E-state index in [1.54, 1.807) is 19.0 Å². The van der Waals surface area contributed by atoms with Crippen LogP contribution < -0.4 is 10.6 Å². The first-order chi connectivity index (χ1) is 10.7. The number of likely N-dealkylation sites (N-methyl/N-ethyl adjacent to an activating group) is 1. The summed E-state index contributed by atoms with van der Waals surface area (Å²) in [6, 6.07) is 0.306. The van der Waals surface area contributed by atoms with E-state index in [1.165, 1.54) is 0 Å². The molecule has 23 heavy (non-hydrogen) atoms. The van der Waals surface area contributed by atoms with Crippen molar-refractivity contribution in [1.29, 1.82) is 0 Å². The van der Waals surface area contributed by atoms with Crippen LogP contribution >= 0.6 is 0 Å². The number of carbonyl (C=O) groups is 1. The van der Waals surface area contributed by atoms with E-state index in [0.29, 0.717) is 30.6 Å². The number of ether oxygens (including phenoxy) is 1. The lowest BCUT2D eigenvalue weighted by Gasteiger charge is -2.54. The van der Waals surface area contributed by atoms with Crippen molar-refractivity contribution >= 4 is 11.9 Å². The molecule has 6 nitrogen and oxygen atoms in total. The molecule has 2 aliphatic rings. The van der Waals surface area contributed by atoms with E-state index in [9.17, 15) is 4.79 Å². The number of hydrogen-bond acceptors (Lipinski definition) is 3. The fraction of sp³-hybridized carbons (Fsp3) is 0.765. The maximum absolute atomic E-state index is 11.8. The lowest BCUT2D eigenvalue weighted by Crippen LogP contribution is -2.68. The van der Waals surface area contributed by atoms with E-state index in [0.717, 1.165) is 18.6 Å². The third kappa shape index (κ3) is 3.86. The molecule has 1 saturated carbocycles. The average molecular weight is 322 g/mol. The second-order valence-electron chi connectivity index (χ2n) is 7.45. The van der Waals surface area contributed by atoms with Crippen LogP contribution in [0.5, 0.6) is 0 Å². The van der Waals surface area contributed by atoms with Gasteiger partial charge < -0.3 is 20.3 Å². The standard InChI is InChI=1S/C17H30N4O2/c1-11(2)9-18-16(19-10-13(22)21(5)6)20-14-12-7-8-23-15(12)17(14,3)4/h12,14-15H,1,7-10H2,2-6H3,(H2,18,19,20). The Balaban J connectivity index is 2.03. The molecule has 0 aromatic heterocycles. The van der Waals surface area contributed by atoms with Crippen LogP contribution in [0.3, 0.4) is 0 Å². The minimum atomic E-state index is -0.0172. The Morgan fingerprint density at radius 1 is 1.43 bits per heavy atom. The molecule has 0 spiro atoms. The number of carbonyl (C=O) groups excluding carboxylic acids is 1. The highest BCUT2D eigenvalue weighted by molar-refractivity contribution is 5.85. The van der Waals surface area contributed by atoms with Crippen LogP contribution in [-0.2, 0) is 9.53 Å². The molecule has 0 aromatic rings. The Morgan fingerprint density at radius 3 is 2.74 bits per heavy atom. The number of fused-ring (bicyclic) bond motifs is 1. The first kappa shape index (κ1) is 17.8. The summed E-state index contributed by atoms with van der Waals surface area (Å²) < 4.78 is 5.83. The predicted octanol–water partition coefficient (Wildman–Crippen LogP) is 0.999. The number of amides is 1. The lowest BCUT2D eigenvalue weighted by atomic mass is 9.57. The van der Waals surface area contributed by atoms with Crippen LogP contribution in [0.1, 0.15) is 27.2 Å².